The van der Waals surface area contributed by atoms with Gasteiger partial charge in [-0.25, -0.2) is 0 Å². The van der Waals surface area contributed by atoms with E-state index in [0.717, 1.165) is 30.3 Å². The van der Waals surface area contributed by atoms with Gasteiger partial charge >= 0.3 is 12.5 Å². The van der Waals surface area contributed by atoms with Gasteiger partial charge < -0.3 is 4.74 Å². The van der Waals surface area contributed by atoms with Gasteiger partial charge in [0.1, 0.15) is 5.75 Å². The van der Waals surface area contributed by atoms with Crippen LogP contribution in [0.2, 0.25) is 0 Å². The normalized spacial score (nSPS) is 11.7. The number of carbonyl (C=O) groups is 1. The molecule has 1 aromatic rings. The summed E-state index contributed by atoms with van der Waals surface area (Å²) in [6, 6.07) is 4.93. The molecule has 0 fully saturated rings. The molecule has 0 radical (unpaired) electrons. The Morgan fingerprint density at radius 1 is 1.24 bits per heavy atom. The van der Waals surface area contributed by atoms with Crippen molar-refractivity contribution in [2.45, 2.75) is 38.2 Å². The molecule has 0 aliphatic rings. The van der Waals surface area contributed by atoms with Gasteiger partial charge in [-0.2, -0.15) is 17.6 Å². The first kappa shape index (κ1) is 17.9. The van der Waals surface area contributed by atoms with E-state index >= 15 is 0 Å². The molecule has 0 amide bonds. The molecule has 7 heteroatoms. The number of Topliss-reactive ketones (excluding diaryl/α,β-unsaturated/α-hetero) is 1. The van der Waals surface area contributed by atoms with Crippen molar-refractivity contribution in [2.75, 3.05) is 5.33 Å². The van der Waals surface area contributed by atoms with Gasteiger partial charge in [-0.05, 0) is 25.0 Å². The fraction of sp³-hybridized carbons (Fsp3) is 0.500. The van der Waals surface area contributed by atoms with Gasteiger partial charge in [-0.1, -0.05) is 34.5 Å². The Morgan fingerprint density at radius 3 is 2.57 bits per heavy atom. The van der Waals surface area contributed by atoms with Crippen LogP contribution in [0.5, 0.6) is 5.75 Å². The quantitative estimate of drug-likeness (QED) is 0.263. The molecule has 0 saturated heterocycles. The van der Waals surface area contributed by atoms with Gasteiger partial charge in [-0.15, -0.1) is 0 Å². The molecular weight excluding hydrogens is 356 g/mol. The first-order valence-electron chi connectivity index (χ1n) is 6.41. The molecule has 0 saturated carbocycles. The molecule has 118 valence electrons. The SMILES string of the molecule is O=C(CCCCCBr)c1cccc(OC(F)(F)C(F)F)c1. The summed E-state index contributed by atoms with van der Waals surface area (Å²) in [5.41, 5.74) is 0.177. The van der Waals surface area contributed by atoms with Crippen LogP contribution in [0.25, 0.3) is 0 Å². The van der Waals surface area contributed by atoms with Gasteiger partial charge in [0.2, 0.25) is 0 Å². The molecular formula is C14H15BrF4O2. The van der Waals surface area contributed by atoms with Crippen LogP contribution in [0.4, 0.5) is 17.6 Å². The second-order valence-electron chi connectivity index (χ2n) is 4.42. The van der Waals surface area contributed by atoms with Crippen LogP contribution in [-0.2, 0) is 0 Å². The van der Waals surface area contributed by atoms with Crippen molar-refractivity contribution < 1.29 is 27.1 Å². The molecule has 0 heterocycles. The summed E-state index contributed by atoms with van der Waals surface area (Å²) in [6.07, 6.45) is -5.73. The Bertz CT molecular complexity index is 466. The molecule has 0 bridgehead atoms. The van der Waals surface area contributed by atoms with Gasteiger partial charge in [0.25, 0.3) is 0 Å². The number of hydrogen-bond donors (Lipinski definition) is 0. The van der Waals surface area contributed by atoms with Crippen molar-refractivity contribution in [1.29, 1.82) is 0 Å². The lowest BCUT2D eigenvalue weighted by Crippen LogP contribution is -2.33. The van der Waals surface area contributed by atoms with Crippen molar-refractivity contribution in [3.63, 3.8) is 0 Å². The molecule has 1 aromatic carbocycles. The van der Waals surface area contributed by atoms with Gasteiger partial charge in [0.15, 0.2) is 5.78 Å². The molecule has 0 aromatic heterocycles. The van der Waals surface area contributed by atoms with E-state index in [1.807, 2.05) is 0 Å². The maximum atomic E-state index is 12.8. The fourth-order valence-corrected chi connectivity index (χ4v) is 2.03. The van der Waals surface area contributed by atoms with E-state index in [1.165, 1.54) is 12.1 Å². The Labute approximate surface area is 128 Å². The second-order valence-corrected chi connectivity index (χ2v) is 5.21. The minimum atomic E-state index is -4.57. The highest BCUT2D eigenvalue weighted by molar-refractivity contribution is 9.09. The van der Waals surface area contributed by atoms with Crippen LogP contribution < -0.4 is 4.74 Å². The number of ether oxygens (including phenoxy) is 1. The summed E-state index contributed by atoms with van der Waals surface area (Å²) in [4.78, 5) is 11.9. The van der Waals surface area contributed by atoms with Crippen LogP contribution in [0.1, 0.15) is 36.0 Å². The van der Waals surface area contributed by atoms with Crippen molar-refractivity contribution in [3.05, 3.63) is 29.8 Å². The van der Waals surface area contributed by atoms with Crippen LogP contribution in [0, 0.1) is 0 Å². The van der Waals surface area contributed by atoms with E-state index in [2.05, 4.69) is 20.7 Å². The lowest BCUT2D eigenvalue weighted by atomic mass is 10.0. The first-order valence-corrected chi connectivity index (χ1v) is 7.53. The molecule has 0 atom stereocenters. The molecule has 21 heavy (non-hydrogen) atoms. The lowest BCUT2D eigenvalue weighted by Gasteiger charge is -2.17. The highest BCUT2D eigenvalue weighted by atomic mass is 79.9. The van der Waals surface area contributed by atoms with E-state index in [-0.39, 0.29) is 17.8 Å². The largest absolute Gasteiger partial charge is 0.461 e. The zero-order valence-corrected chi connectivity index (χ0v) is 12.7. The van der Waals surface area contributed by atoms with Gasteiger partial charge in [0, 0.05) is 17.3 Å². The number of hydrogen-bond acceptors (Lipinski definition) is 2. The summed E-state index contributed by atoms with van der Waals surface area (Å²) in [5.74, 6) is -0.679. The summed E-state index contributed by atoms with van der Waals surface area (Å²) in [6.45, 7) is 0. The Morgan fingerprint density at radius 2 is 1.95 bits per heavy atom. The predicted octanol–water partition coefficient (Wildman–Crippen LogP) is 5.06. The number of halogens is 5. The van der Waals surface area contributed by atoms with E-state index in [1.54, 1.807) is 0 Å². The zero-order chi connectivity index (χ0) is 15.9. The molecule has 0 N–H and O–H groups in total. The standard InChI is InChI=1S/C14H15BrF4O2/c15-8-3-1-2-7-12(20)10-5-4-6-11(9-10)21-14(18,19)13(16)17/h4-6,9,13H,1-3,7-8H2. The van der Waals surface area contributed by atoms with Crippen LogP contribution >= 0.6 is 15.9 Å². The van der Waals surface area contributed by atoms with Crippen LogP contribution in [-0.4, -0.2) is 23.6 Å². The molecule has 0 aliphatic carbocycles. The Kier molecular flexibility index (Phi) is 7.14. The summed E-state index contributed by atoms with van der Waals surface area (Å²) in [5, 5.41) is 0.854. The highest BCUT2D eigenvalue weighted by Gasteiger charge is 2.44. The smallest absolute Gasteiger partial charge is 0.428 e. The summed E-state index contributed by atoms with van der Waals surface area (Å²) in [7, 11) is 0. The maximum absolute atomic E-state index is 12.8. The van der Waals surface area contributed by atoms with Gasteiger partial charge in [0.05, 0.1) is 0 Å². The van der Waals surface area contributed by atoms with Crippen molar-refractivity contribution in [2.24, 2.45) is 0 Å². The predicted molar refractivity (Wildman–Crippen MR) is 74.6 cm³/mol. The molecule has 0 unspecified atom stereocenters. The first-order chi connectivity index (χ1) is 9.86. The number of unbranched alkanes of at least 4 members (excludes halogenated alkanes) is 2. The monoisotopic (exact) mass is 370 g/mol. The Hall–Kier alpha value is -1.11. The van der Waals surface area contributed by atoms with Crippen molar-refractivity contribution in [1.82, 2.24) is 0 Å². The number of rotatable bonds is 9. The summed E-state index contributed by atoms with van der Waals surface area (Å²) >= 11 is 3.28. The fourth-order valence-electron chi connectivity index (χ4n) is 1.64. The molecule has 1 rings (SSSR count). The number of alkyl halides is 5. The van der Waals surface area contributed by atoms with Crippen LogP contribution in [0.3, 0.4) is 0 Å². The number of benzene rings is 1. The molecule has 0 aliphatic heterocycles. The zero-order valence-electron chi connectivity index (χ0n) is 11.1. The minimum absolute atomic E-state index is 0.177. The highest BCUT2D eigenvalue weighted by Crippen LogP contribution is 2.28. The van der Waals surface area contributed by atoms with Crippen molar-refractivity contribution >= 4 is 21.7 Å². The maximum Gasteiger partial charge on any atom is 0.461 e. The number of carbonyl (C=O) groups excluding carboxylic acids is 1. The average molecular weight is 371 g/mol. The van der Waals surface area contributed by atoms with Gasteiger partial charge in [-0.3, -0.25) is 4.79 Å². The molecule has 0 spiro atoms. The third-order valence-corrected chi connectivity index (χ3v) is 3.26. The van der Waals surface area contributed by atoms with E-state index < -0.39 is 18.3 Å². The third kappa shape index (κ3) is 6.03. The summed E-state index contributed by atoms with van der Waals surface area (Å²) < 4.78 is 53.6. The minimum Gasteiger partial charge on any atom is -0.428 e. The average Bonchev–Trinajstić information content (AvgIpc) is 2.43. The topological polar surface area (TPSA) is 26.3 Å². The van der Waals surface area contributed by atoms with E-state index in [0.29, 0.717) is 6.42 Å². The number of ketones is 1. The second kappa shape index (κ2) is 8.36. The van der Waals surface area contributed by atoms with Crippen molar-refractivity contribution in [3.8, 4) is 5.75 Å². The molecule has 2 nitrogen and oxygen atoms in total. The Balaban J connectivity index is 2.65. The van der Waals surface area contributed by atoms with Crippen LogP contribution in [0.15, 0.2) is 24.3 Å². The third-order valence-electron chi connectivity index (χ3n) is 2.70. The van der Waals surface area contributed by atoms with E-state index in [4.69, 9.17) is 0 Å². The lowest BCUT2D eigenvalue weighted by molar-refractivity contribution is -0.253. The van der Waals surface area contributed by atoms with E-state index in [9.17, 15) is 22.4 Å².